The van der Waals surface area contributed by atoms with Crippen molar-refractivity contribution in [1.29, 1.82) is 0 Å². The summed E-state index contributed by atoms with van der Waals surface area (Å²) in [5, 5.41) is 4.23. The predicted molar refractivity (Wildman–Crippen MR) is 96.7 cm³/mol. The largest absolute Gasteiger partial charge is 0.497 e. The number of benzene rings is 1. The summed E-state index contributed by atoms with van der Waals surface area (Å²) in [6.07, 6.45) is 1.68. The summed E-state index contributed by atoms with van der Waals surface area (Å²) in [7, 11) is 1.67. The third-order valence-electron chi connectivity index (χ3n) is 4.30. The highest BCUT2D eigenvalue weighted by Gasteiger charge is 2.26. The summed E-state index contributed by atoms with van der Waals surface area (Å²) >= 11 is 3.43. The van der Waals surface area contributed by atoms with Gasteiger partial charge in [0.05, 0.1) is 17.8 Å². The van der Waals surface area contributed by atoms with Crippen LogP contribution in [0.15, 0.2) is 34.9 Å². The number of carbonyl (C=O) groups is 1. The van der Waals surface area contributed by atoms with Crippen molar-refractivity contribution in [2.45, 2.75) is 13.5 Å². The maximum Gasteiger partial charge on any atom is 0.273 e. The van der Waals surface area contributed by atoms with E-state index in [-0.39, 0.29) is 5.91 Å². The Morgan fingerprint density at radius 1 is 1.21 bits per heavy atom. The fourth-order valence-electron chi connectivity index (χ4n) is 2.93. The molecule has 0 radical (unpaired) electrons. The molecular formula is C17H21BrN4O2. The molecule has 0 unspecified atom stereocenters. The minimum atomic E-state index is 0.0376. The van der Waals surface area contributed by atoms with Crippen LogP contribution in [0.3, 0.4) is 0 Å². The van der Waals surface area contributed by atoms with Gasteiger partial charge in [0.25, 0.3) is 5.91 Å². The van der Waals surface area contributed by atoms with E-state index in [2.05, 4.69) is 38.1 Å². The molecular weight excluding hydrogens is 372 g/mol. The summed E-state index contributed by atoms with van der Waals surface area (Å²) in [5.41, 5.74) is 1.79. The van der Waals surface area contributed by atoms with E-state index in [4.69, 9.17) is 4.74 Å². The Balaban J connectivity index is 1.66. The fraction of sp³-hybridized carbons (Fsp3) is 0.412. The number of piperazine rings is 1. The van der Waals surface area contributed by atoms with Crippen LogP contribution in [0.5, 0.6) is 5.75 Å². The quantitative estimate of drug-likeness (QED) is 0.802. The van der Waals surface area contributed by atoms with Crippen molar-refractivity contribution in [3.63, 3.8) is 0 Å². The van der Waals surface area contributed by atoms with Crippen LogP contribution in [0.1, 0.15) is 17.4 Å². The van der Waals surface area contributed by atoms with E-state index in [1.165, 1.54) is 0 Å². The zero-order chi connectivity index (χ0) is 17.1. The summed E-state index contributed by atoms with van der Waals surface area (Å²) in [5.74, 6) is 0.890. The minimum Gasteiger partial charge on any atom is -0.497 e. The van der Waals surface area contributed by atoms with Gasteiger partial charge in [-0.15, -0.1) is 0 Å². The molecule has 1 fully saturated rings. The van der Waals surface area contributed by atoms with E-state index in [1.54, 1.807) is 18.0 Å². The van der Waals surface area contributed by atoms with Crippen LogP contribution in [0, 0.1) is 0 Å². The highest BCUT2D eigenvalue weighted by atomic mass is 79.9. The van der Waals surface area contributed by atoms with Crippen molar-refractivity contribution >= 4 is 27.5 Å². The minimum absolute atomic E-state index is 0.0376. The maximum absolute atomic E-state index is 12.8. The van der Waals surface area contributed by atoms with Crippen LogP contribution in [-0.2, 0) is 6.54 Å². The van der Waals surface area contributed by atoms with Gasteiger partial charge in [0.2, 0.25) is 0 Å². The zero-order valence-corrected chi connectivity index (χ0v) is 15.5. The van der Waals surface area contributed by atoms with Gasteiger partial charge in [-0.3, -0.25) is 9.48 Å². The zero-order valence-electron chi connectivity index (χ0n) is 13.9. The molecule has 7 heteroatoms. The Hall–Kier alpha value is -2.02. The molecule has 0 aliphatic carbocycles. The highest BCUT2D eigenvalue weighted by Crippen LogP contribution is 2.22. The molecule has 1 amide bonds. The number of carbonyl (C=O) groups excluding carboxylic acids is 1. The Labute approximate surface area is 150 Å². The first-order valence-electron chi connectivity index (χ1n) is 8.03. The molecule has 1 aliphatic rings. The van der Waals surface area contributed by atoms with Gasteiger partial charge >= 0.3 is 0 Å². The summed E-state index contributed by atoms with van der Waals surface area (Å²) in [6, 6.07) is 8.03. The molecule has 0 N–H and O–H groups in total. The van der Waals surface area contributed by atoms with Crippen molar-refractivity contribution in [2.24, 2.45) is 0 Å². The molecule has 2 heterocycles. The topological polar surface area (TPSA) is 50.6 Å². The van der Waals surface area contributed by atoms with Crippen LogP contribution >= 0.6 is 15.9 Å². The van der Waals surface area contributed by atoms with Crippen molar-refractivity contribution in [3.05, 3.63) is 40.6 Å². The van der Waals surface area contributed by atoms with Gasteiger partial charge in [0.15, 0.2) is 0 Å². The maximum atomic E-state index is 12.8. The standard InChI is InChI=1S/C17H21BrN4O2/c1-3-22-16(15(18)12-19-22)17(23)21-10-8-20(9-11-21)13-4-6-14(24-2)7-5-13/h4-7,12H,3,8-11H2,1-2H3. The normalized spacial score (nSPS) is 14.8. The number of methoxy groups -OCH3 is 1. The second-order valence-corrected chi connectivity index (χ2v) is 6.49. The first-order valence-corrected chi connectivity index (χ1v) is 8.83. The molecule has 0 bridgehead atoms. The van der Waals surface area contributed by atoms with Gasteiger partial charge in [0.1, 0.15) is 11.4 Å². The number of ether oxygens (including phenoxy) is 1. The van der Waals surface area contributed by atoms with Gasteiger partial charge in [-0.2, -0.15) is 5.10 Å². The van der Waals surface area contributed by atoms with Crippen LogP contribution in [-0.4, -0.2) is 53.9 Å². The lowest BCUT2D eigenvalue weighted by Crippen LogP contribution is -2.49. The molecule has 2 aromatic rings. The van der Waals surface area contributed by atoms with Gasteiger partial charge in [-0.1, -0.05) is 0 Å². The van der Waals surface area contributed by atoms with Crippen LogP contribution in [0.25, 0.3) is 0 Å². The number of aromatic nitrogens is 2. The lowest BCUT2D eigenvalue weighted by molar-refractivity contribution is 0.0733. The molecule has 1 saturated heterocycles. The molecule has 128 valence electrons. The van der Waals surface area contributed by atoms with E-state index in [9.17, 15) is 4.79 Å². The Morgan fingerprint density at radius 3 is 2.46 bits per heavy atom. The van der Waals surface area contributed by atoms with E-state index in [0.29, 0.717) is 25.3 Å². The van der Waals surface area contributed by atoms with Crippen LogP contribution in [0.2, 0.25) is 0 Å². The molecule has 1 aromatic carbocycles. The number of amides is 1. The predicted octanol–water partition coefficient (Wildman–Crippen LogP) is 2.64. The number of nitrogens with zero attached hydrogens (tertiary/aromatic N) is 4. The smallest absolute Gasteiger partial charge is 0.273 e. The molecule has 0 spiro atoms. The number of halogens is 1. The van der Waals surface area contributed by atoms with E-state index >= 15 is 0 Å². The second kappa shape index (κ2) is 7.25. The summed E-state index contributed by atoms with van der Waals surface area (Å²) in [6.45, 7) is 5.70. The summed E-state index contributed by atoms with van der Waals surface area (Å²) < 4.78 is 7.69. The van der Waals surface area contributed by atoms with Crippen LogP contribution in [0.4, 0.5) is 5.69 Å². The van der Waals surface area contributed by atoms with Gasteiger partial charge in [0, 0.05) is 38.4 Å². The fourth-order valence-corrected chi connectivity index (χ4v) is 3.39. The lowest BCUT2D eigenvalue weighted by Gasteiger charge is -2.36. The first-order chi connectivity index (χ1) is 11.6. The third kappa shape index (κ3) is 3.26. The number of rotatable bonds is 4. The first kappa shape index (κ1) is 16.8. The number of hydrogen-bond donors (Lipinski definition) is 0. The van der Waals surface area contributed by atoms with E-state index < -0.39 is 0 Å². The average molecular weight is 393 g/mol. The molecule has 0 atom stereocenters. The van der Waals surface area contributed by atoms with Crippen molar-refractivity contribution < 1.29 is 9.53 Å². The Morgan fingerprint density at radius 2 is 1.88 bits per heavy atom. The molecule has 0 saturated carbocycles. The van der Waals surface area contributed by atoms with Gasteiger partial charge in [-0.05, 0) is 47.1 Å². The highest BCUT2D eigenvalue weighted by molar-refractivity contribution is 9.10. The Kier molecular flexibility index (Phi) is 5.08. The molecule has 1 aliphatic heterocycles. The molecule has 6 nitrogen and oxygen atoms in total. The van der Waals surface area contributed by atoms with Crippen LogP contribution < -0.4 is 9.64 Å². The monoisotopic (exact) mass is 392 g/mol. The van der Waals surface area contributed by atoms with E-state index in [0.717, 1.165) is 29.0 Å². The van der Waals surface area contributed by atoms with Crippen molar-refractivity contribution in [2.75, 3.05) is 38.2 Å². The van der Waals surface area contributed by atoms with Crippen molar-refractivity contribution in [3.8, 4) is 5.75 Å². The van der Waals surface area contributed by atoms with E-state index in [1.807, 2.05) is 24.0 Å². The second-order valence-electron chi connectivity index (χ2n) is 5.63. The number of aryl methyl sites for hydroxylation is 1. The summed E-state index contributed by atoms with van der Waals surface area (Å²) in [4.78, 5) is 17.0. The van der Waals surface area contributed by atoms with Crippen molar-refractivity contribution in [1.82, 2.24) is 14.7 Å². The average Bonchev–Trinajstić information content (AvgIpc) is 3.02. The number of anilines is 1. The van der Waals surface area contributed by atoms with Gasteiger partial charge in [-0.25, -0.2) is 0 Å². The van der Waals surface area contributed by atoms with Gasteiger partial charge < -0.3 is 14.5 Å². The molecule has 3 rings (SSSR count). The molecule has 24 heavy (non-hydrogen) atoms. The lowest BCUT2D eigenvalue weighted by atomic mass is 10.2. The Bertz CT molecular complexity index is 706. The number of hydrogen-bond acceptors (Lipinski definition) is 4. The molecule has 1 aromatic heterocycles. The third-order valence-corrected chi connectivity index (χ3v) is 4.88. The SMILES string of the molecule is CCn1ncc(Br)c1C(=O)N1CCN(c2ccc(OC)cc2)CC1.